The molecule has 0 amide bonds. The Bertz CT molecular complexity index is 702. The molecule has 2 N–H and O–H groups in total. The molecule has 0 atom stereocenters. The number of thiophene rings is 1. The molecule has 0 bridgehead atoms. The lowest BCUT2D eigenvalue weighted by Crippen LogP contribution is -2.22. The van der Waals surface area contributed by atoms with Crippen molar-refractivity contribution >= 4 is 38.7 Å². The lowest BCUT2D eigenvalue weighted by Gasteiger charge is -2.03. The minimum atomic E-state index is -3.68. The fraction of sp³-hybridized carbons (Fsp3) is 0.200. The molecule has 0 saturated heterocycles. The minimum Gasteiger partial charge on any atom is -0.478 e. The van der Waals surface area contributed by atoms with E-state index in [4.69, 9.17) is 5.11 Å². The van der Waals surface area contributed by atoms with Crippen LogP contribution in [0.3, 0.4) is 0 Å². The minimum absolute atomic E-state index is 0.00734. The van der Waals surface area contributed by atoms with Gasteiger partial charge >= 0.3 is 5.97 Å². The van der Waals surface area contributed by atoms with Crippen molar-refractivity contribution < 1.29 is 18.3 Å². The van der Waals surface area contributed by atoms with Crippen LogP contribution in [0.25, 0.3) is 0 Å². The number of carboxylic acid groups (broad SMARTS) is 1. The van der Waals surface area contributed by atoms with Gasteiger partial charge in [0, 0.05) is 16.8 Å². The maximum Gasteiger partial charge on any atom is 0.336 e. The molecular weight excluding hydrogens is 308 g/mol. The molecule has 0 unspecified atom stereocenters. The smallest absolute Gasteiger partial charge is 0.336 e. The first-order valence-corrected chi connectivity index (χ1v) is 8.35. The Morgan fingerprint density at radius 3 is 2.74 bits per heavy atom. The molecule has 0 fully saturated rings. The summed E-state index contributed by atoms with van der Waals surface area (Å²) in [6.07, 6.45) is 0. The van der Waals surface area contributed by atoms with Gasteiger partial charge in [0.05, 0.1) is 16.8 Å². The van der Waals surface area contributed by atoms with Crippen molar-refractivity contribution in [2.45, 2.75) is 17.7 Å². The topological polar surface area (TPSA) is 96.4 Å². The number of aromatic nitrogens is 1. The zero-order valence-electron chi connectivity index (χ0n) is 9.78. The lowest BCUT2D eigenvalue weighted by molar-refractivity contribution is 0.0697. The van der Waals surface area contributed by atoms with E-state index in [1.54, 1.807) is 12.4 Å². The molecule has 19 heavy (non-hydrogen) atoms. The molecule has 102 valence electrons. The number of carboxylic acids is 1. The molecule has 6 nitrogen and oxygen atoms in total. The van der Waals surface area contributed by atoms with E-state index in [0.717, 1.165) is 28.0 Å². The second-order valence-electron chi connectivity index (χ2n) is 3.65. The van der Waals surface area contributed by atoms with E-state index >= 15 is 0 Å². The van der Waals surface area contributed by atoms with Gasteiger partial charge in [-0.15, -0.1) is 22.7 Å². The van der Waals surface area contributed by atoms with Gasteiger partial charge in [-0.25, -0.2) is 22.9 Å². The zero-order valence-corrected chi connectivity index (χ0v) is 12.2. The summed E-state index contributed by atoms with van der Waals surface area (Å²) in [5.41, 5.74) is 2.40. The Morgan fingerprint density at radius 2 is 2.21 bits per heavy atom. The average Bonchev–Trinajstić information content (AvgIpc) is 2.95. The quantitative estimate of drug-likeness (QED) is 0.874. The number of aromatic carboxylic acids is 1. The third kappa shape index (κ3) is 3.18. The van der Waals surface area contributed by atoms with Gasteiger partial charge in [0.1, 0.15) is 4.21 Å². The van der Waals surface area contributed by atoms with Crippen molar-refractivity contribution in [3.63, 3.8) is 0 Å². The molecule has 0 spiro atoms. The number of nitrogens with zero attached hydrogens (tertiary/aromatic N) is 1. The normalized spacial score (nSPS) is 11.6. The first-order chi connectivity index (χ1) is 8.90. The Balaban J connectivity index is 2.14. The standard InChI is InChI=1S/C10H10N2O4S3/c1-6-8(18-5-11-6)3-12-19(15,16)9-2-7(4-17-9)10(13)14/h2,4-5,12H,3H2,1H3,(H,13,14). The first-order valence-electron chi connectivity index (χ1n) is 5.10. The van der Waals surface area contributed by atoms with Gasteiger partial charge in [0.2, 0.25) is 10.0 Å². The van der Waals surface area contributed by atoms with Crippen molar-refractivity contribution in [1.29, 1.82) is 0 Å². The summed E-state index contributed by atoms with van der Waals surface area (Å²) in [4.78, 5) is 15.6. The van der Waals surface area contributed by atoms with Crippen LogP contribution in [-0.4, -0.2) is 24.5 Å². The molecule has 0 radical (unpaired) electrons. The van der Waals surface area contributed by atoms with Crippen molar-refractivity contribution in [1.82, 2.24) is 9.71 Å². The summed E-state index contributed by atoms with van der Waals surface area (Å²) in [6.45, 7) is 1.95. The van der Waals surface area contributed by atoms with Crippen LogP contribution in [0.4, 0.5) is 0 Å². The SMILES string of the molecule is Cc1ncsc1CNS(=O)(=O)c1cc(C(=O)O)cs1. The highest BCUT2D eigenvalue weighted by molar-refractivity contribution is 7.91. The van der Waals surface area contributed by atoms with Gasteiger partial charge < -0.3 is 5.11 Å². The first kappa shape index (κ1) is 14.1. The Kier molecular flexibility index (Phi) is 3.99. The summed E-state index contributed by atoms with van der Waals surface area (Å²) >= 11 is 2.25. The molecular formula is C10H10N2O4S3. The van der Waals surface area contributed by atoms with E-state index in [9.17, 15) is 13.2 Å². The van der Waals surface area contributed by atoms with Gasteiger partial charge in [-0.05, 0) is 13.0 Å². The number of thiazole rings is 1. The van der Waals surface area contributed by atoms with Gasteiger partial charge in [0.15, 0.2) is 0 Å². The summed E-state index contributed by atoms with van der Waals surface area (Å²) in [7, 11) is -3.68. The molecule has 0 aliphatic heterocycles. The molecule has 9 heteroatoms. The van der Waals surface area contributed by atoms with Gasteiger partial charge in [-0.1, -0.05) is 0 Å². The second kappa shape index (κ2) is 5.37. The molecule has 2 heterocycles. The fourth-order valence-electron chi connectivity index (χ4n) is 1.30. The van der Waals surface area contributed by atoms with Crippen LogP contribution < -0.4 is 4.72 Å². The Hall–Kier alpha value is -1.29. The molecule has 2 rings (SSSR count). The van der Waals surface area contributed by atoms with E-state index in [0.29, 0.717) is 0 Å². The van der Waals surface area contributed by atoms with Gasteiger partial charge in [-0.2, -0.15) is 0 Å². The summed E-state index contributed by atoms with van der Waals surface area (Å²) < 4.78 is 26.4. The highest BCUT2D eigenvalue weighted by Crippen LogP contribution is 2.21. The predicted molar refractivity (Wildman–Crippen MR) is 72.2 cm³/mol. The van der Waals surface area contributed by atoms with E-state index in [1.165, 1.54) is 16.7 Å². The lowest BCUT2D eigenvalue weighted by atomic mass is 10.4. The number of hydrogen-bond donors (Lipinski definition) is 2. The average molecular weight is 318 g/mol. The number of hydrogen-bond acceptors (Lipinski definition) is 6. The fourth-order valence-corrected chi connectivity index (χ4v) is 4.30. The number of sulfonamides is 1. The van der Waals surface area contributed by atoms with Crippen molar-refractivity contribution in [2.75, 3.05) is 0 Å². The summed E-state index contributed by atoms with van der Waals surface area (Å²) in [6, 6.07) is 1.15. The second-order valence-corrected chi connectivity index (χ2v) is 7.49. The number of aryl methyl sites for hydroxylation is 1. The summed E-state index contributed by atoms with van der Waals surface area (Å²) in [5, 5.41) is 10.1. The van der Waals surface area contributed by atoms with Gasteiger partial charge in [0.25, 0.3) is 0 Å². The van der Waals surface area contributed by atoms with E-state index in [2.05, 4.69) is 9.71 Å². The third-order valence-electron chi connectivity index (χ3n) is 2.35. The van der Waals surface area contributed by atoms with Gasteiger partial charge in [-0.3, -0.25) is 0 Å². The van der Waals surface area contributed by atoms with E-state index in [1.807, 2.05) is 0 Å². The predicted octanol–water partition coefficient (Wildman–Crippen LogP) is 1.69. The monoisotopic (exact) mass is 318 g/mol. The highest BCUT2D eigenvalue weighted by atomic mass is 32.2. The van der Waals surface area contributed by atoms with Crippen molar-refractivity contribution in [3.8, 4) is 0 Å². The molecule has 0 aliphatic carbocycles. The van der Waals surface area contributed by atoms with E-state index in [-0.39, 0.29) is 16.3 Å². The number of nitrogens with one attached hydrogen (secondary N) is 1. The maximum absolute atomic E-state index is 12.0. The largest absolute Gasteiger partial charge is 0.478 e. The summed E-state index contributed by atoms with van der Waals surface area (Å²) in [5.74, 6) is -1.14. The van der Waals surface area contributed by atoms with Crippen LogP contribution in [0.2, 0.25) is 0 Å². The maximum atomic E-state index is 12.0. The molecule has 2 aromatic rings. The Morgan fingerprint density at radius 1 is 1.47 bits per heavy atom. The van der Waals surface area contributed by atoms with Crippen molar-refractivity contribution in [3.05, 3.63) is 33.1 Å². The molecule has 0 aromatic carbocycles. The van der Waals surface area contributed by atoms with Crippen LogP contribution in [0.15, 0.2) is 21.2 Å². The molecule has 0 saturated carbocycles. The van der Waals surface area contributed by atoms with E-state index < -0.39 is 16.0 Å². The van der Waals surface area contributed by atoms with Crippen LogP contribution in [0.1, 0.15) is 20.9 Å². The third-order valence-corrected chi connectivity index (χ3v) is 6.13. The highest BCUT2D eigenvalue weighted by Gasteiger charge is 2.19. The van der Waals surface area contributed by atoms with Crippen LogP contribution in [0, 0.1) is 6.92 Å². The van der Waals surface area contributed by atoms with Crippen molar-refractivity contribution in [2.24, 2.45) is 0 Å². The molecule has 0 aliphatic rings. The Labute approximate surface area is 117 Å². The zero-order chi connectivity index (χ0) is 14.0. The number of carbonyl (C=O) groups is 1. The van der Waals surface area contributed by atoms with Crippen LogP contribution >= 0.6 is 22.7 Å². The molecule has 2 aromatic heterocycles. The van der Waals surface area contributed by atoms with Crippen LogP contribution in [0.5, 0.6) is 0 Å². The van der Waals surface area contributed by atoms with Crippen LogP contribution in [-0.2, 0) is 16.6 Å². The number of rotatable bonds is 5.